The van der Waals surface area contributed by atoms with Gasteiger partial charge < -0.3 is 18.6 Å². The Morgan fingerprint density at radius 3 is 2.78 bits per heavy atom. The van der Waals surface area contributed by atoms with Gasteiger partial charge in [0, 0.05) is 18.5 Å². The van der Waals surface area contributed by atoms with Crippen LogP contribution in [0.4, 0.5) is 0 Å². The number of rotatable bonds is 8. The lowest BCUT2D eigenvalue weighted by atomic mass is 10.2. The van der Waals surface area contributed by atoms with Gasteiger partial charge in [-0.1, -0.05) is 16.9 Å². The molecule has 4 rings (SSSR count). The summed E-state index contributed by atoms with van der Waals surface area (Å²) in [5.41, 5.74) is 0.756. The summed E-state index contributed by atoms with van der Waals surface area (Å²) in [4.78, 5) is 4.49. The monoisotopic (exact) mass is 387 g/mol. The summed E-state index contributed by atoms with van der Waals surface area (Å²) >= 11 is 1.56. The minimum atomic E-state index is 0.487. The first-order valence-electron chi connectivity index (χ1n) is 8.84. The summed E-state index contributed by atoms with van der Waals surface area (Å²) in [5, 5.41) is 13.7. The van der Waals surface area contributed by atoms with Crippen molar-refractivity contribution in [2.75, 3.05) is 14.2 Å². The van der Waals surface area contributed by atoms with Gasteiger partial charge in [-0.15, -0.1) is 10.2 Å². The van der Waals surface area contributed by atoms with Crippen LogP contribution in [0.3, 0.4) is 0 Å². The average molecular weight is 387 g/mol. The van der Waals surface area contributed by atoms with Crippen LogP contribution in [0.2, 0.25) is 0 Å². The maximum atomic E-state index is 5.41. The molecular weight excluding hydrogens is 366 g/mol. The molecule has 1 aromatic carbocycles. The molecule has 0 N–H and O–H groups in total. The van der Waals surface area contributed by atoms with E-state index >= 15 is 0 Å². The highest BCUT2D eigenvalue weighted by atomic mass is 32.2. The molecule has 0 saturated heterocycles. The van der Waals surface area contributed by atoms with Gasteiger partial charge in [0.1, 0.15) is 17.3 Å². The third kappa shape index (κ3) is 3.64. The number of hydrogen-bond donors (Lipinski definition) is 0. The van der Waals surface area contributed by atoms with Crippen LogP contribution in [0.25, 0.3) is 11.4 Å². The van der Waals surface area contributed by atoms with Gasteiger partial charge in [-0.3, -0.25) is 0 Å². The first kappa shape index (κ1) is 17.8. The van der Waals surface area contributed by atoms with Crippen LogP contribution < -0.4 is 9.47 Å². The predicted octanol–water partition coefficient (Wildman–Crippen LogP) is 3.53. The largest absolute Gasteiger partial charge is 0.497 e. The van der Waals surface area contributed by atoms with Crippen molar-refractivity contribution in [1.29, 1.82) is 0 Å². The molecule has 1 fully saturated rings. The molecule has 0 radical (unpaired) electrons. The Hall–Kier alpha value is -2.55. The van der Waals surface area contributed by atoms with Crippen molar-refractivity contribution in [3.63, 3.8) is 0 Å². The Morgan fingerprint density at radius 1 is 1.22 bits per heavy atom. The van der Waals surface area contributed by atoms with E-state index in [-0.39, 0.29) is 0 Å². The molecule has 0 amide bonds. The summed E-state index contributed by atoms with van der Waals surface area (Å²) in [5.74, 6) is 4.56. The summed E-state index contributed by atoms with van der Waals surface area (Å²) < 4.78 is 18.2. The van der Waals surface area contributed by atoms with Crippen molar-refractivity contribution >= 4 is 11.8 Å². The van der Waals surface area contributed by atoms with E-state index in [2.05, 4.69) is 31.8 Å². The zero-order chi connectivity index (χ0) is 18.8. The molecule has 3 aromatic rings. The zero-order valence-electron chi connectivity index (χ0n) is 15.5. The Balaban J connectivity index is 1.49. The van der Waals surface area contributed by atoms with E-state index in [1.54, 1.807) is 32.0 Å². The van der Waals surface area contributed by atoms with E-state index in [1.165, 1.54) is 12.8 Å². The van der Waals surface area contributed by atoms with Crippen LogP contribution in [0, 0.1) is 0 Å². The summed E-state index contributed by atoms with van der Waals surface area (Å²) in [6, 6.07) is 5.49. The van der Waals surface area contributed by atoms with Crippen LogP contribution in [-0.2, 0) is 12.3 Å². The molecule has 0 bridgehead atoms. The van der Waals surface area contributed by atoms with Crippen molar-refractivity contribution in [3.05, 3.63) is 29.9 Å². The minimum absolute atomic E-state index is 0.487. The van der Waals surface area contributed by atoms with Crippen molar-refractivity contribution < 1.29 is 14.0 Å². The molecule has 8 nitrogen and oxygen atoms in total. The molecule has 0 spiro atoms. The fourth-order valence-electron chi connectivity index (χ4n) is 2.88. The van der Waals surface area contributed by atoms with E-state index in [1.807, 2.05) is 12.1 Å². The lowest BCUT2D eigenvalue weighted by molar-refractivity contribution is 0.388. The molecule has 142 valence electrons. The molecule has 2 heterocycles. The van der Waals surface area contributed by atoms with E-state index < -0.39 is 0 Å². The highest BCUT2D eigenvalue weighted by Gasteiger charge is 2.30. The highest BCUT2D eigenvalue weighted by Crippen LogP contribution is 2.40. The number of nitrogens with zero attached hydrogens (tertiary/aromatic N) is 5. The smallest absolute Gasteiger partial charge is 0.237 e. The molecular formula is C18H21N5O3S. The van der Waals surface area contributed by atoms with E-state index in [0.29, 0.717) is 34.9 Å². The number of ether oxygens (including phenoxy) is 2. The van der Waals surface area contributed by atoms with Crippen molar-refractivity contribution in [2.24, 2.45) is 0 Å². The fourth-order valence-corrected chi connectivity index (χ4v) is 3.73. The van der Waals surface area contributed by atoms with Crippen LogP contribution in [0.5, 0.6) is 11.5 Å². The Bertz CT molecular complexity index is 935. The van der Waals surface area contributed by atoms with Gasteiger partial charge in [0.15, 0.2) is 5.16 Å². The maximum absolute atomic E-state index is 5.41. The molecule has 27 heavy (non-hydrogen) atoms. The summed E-state index contributed by atoms with van der Waals surface area (Å²) in [7, 11) is 3.21. The Kier molecular flexibility index (Phi) is 5.02. The van der Waals surface area contributed by atoms with Crippen molar-refractivity contribution in [1.82, 2.24) is 24.9 Å². The van der Waals surface area contributed by atoms with E-state index in [4.69, 9.17) is 14.0 Å². The second-order valence-electron chi connectivity index (χ2n) is 6.23. The second-order valence-corrected chi connectivity index (χ2v) is 7.17. The fraction of sp³-hybridized carbons (Fsp3) is 0.444. The van der Waals surface area contributed by atoms with E-state index in [9.17, 15) is 0 Å². The standard InChI is InChI=1S/C18H21N5O3S/c1-4-23-17(11-5-6-11)20-21-18(23)27-10-15-19-16(22-26-15)13-8-7-12(24-2)9-14(13)25-3/h7-9,11H,4-6,10H2,1-3H3. The normalized spacial score (nSPS) is 13.7. The number of hydrogen-bond acceptors (Lipinski definition) is 8. The van der Waals surface area contributed by atoms with Gasteiger partial charge in [0.25, 0.3) is 0 Å². The van der Waals surface area contributed by atoms with E-state index in [0.717, 1.165) is 23.1 Å². The first-order chi connectivity index (χ1) is 13.2. The lowest BCUT2D eigenvalue weighted by Gasteiger charge is -2.07. The van der Waals surface area contributed by atoms with Gasteiger partial charge in [-0.05, 0) is 31.9 Å². The molecule has 0 aliphatic heterocycles. The van der Waals surface area contributed by atoms with Gasteiger partial charge >= 0.3 is 0 Å². The average Bonchev–Trinajstić information content (AvgIpc) is 3.30. The van der Waals surface area contributed by atoms with Gasteiger partial charge in [-0.25, -0.2) is 0 Å². The molecule has 0 unspecified atom stereocenters. The van der Waals surface area contributed by atoms with Crippen LogP contribution in [0.15, 0.2) is 27.9 Å². The lowest BCUT2D eigenvalue weighted by Crippen LogP contribution is -2.02. The number of aromatic nitrogens is 5. The topological polar surface area (TPSA) is 88.1 Å². The van der Waals surface area contributed by atoms with Crippen molar-refractivity contribution in [3.8, 4) is 22.9 Å². The van der Waals surface area contributed by atoms with Gasteiger partial charge in [0.2, 0.25) is 11.7 Å². The number of methoxy groups -OCH3 is 2. The molecule has 9 heteroatoms. The highest BCUT2D eigenvalue weighted by molar-refractivity contribution is 7.98. The Labute approximate surface area is 161 Å². The second kappa shape index (κ2) is 7.59. The van der Waals surface area contributed by atoms with Crippen LogP contribution >= 0.6 is 11.8 Å². The van der Waals surface area contributed by atoms with Crippen LogP contribution in [0.1, 0.15) is 37.4 Å². The maximum Gasteiger partial charge on any atom is 0.237 e. The molecule has 1 saturated carbocycles. The summed E-state index contributed by atoms with van der Waals surface area (Å²) in [6.07, 6.45) is 2.42. The molecule has 1 aliphatic carbocycles. The first-order valence-corrected chi connectivity index (χ1v) is 9.83. The van der Waals surface area contributed by atoms with Gasteiger partial charge in [-0.2, -0.15) is 4.98 Å². The molecule has 2 aromatic heterocycles. The number of benzene rings is 1. The van der Waals surface area contributed by atoms with Crippen molar-refractivity contribution in [2.45, 2.75) is 43.1 Å². The van der Waals surface area contributed by atoms with Gasteiger partial charge in [0.05, 0.1) is 25.5 Å². The zero-order valence-corrected chi connectivity index (χ0v) is 16.3. The SMILES string of the molecule is CCn1c(SCc2nc(-c3ccc(OC)cc3OC)no2)nnc1C1CC1. The predicted molar refractivity (Wildman–Crippen MR) is 100 cm³/mol. The quantitative estimate of drug-likeness (QED) is 0.542. The Morgan fingerprint density at radius 2 is 2.07 bits per heavy atom. The van der Waals surface area contributed by atoms with Crippen LogP contribution in [-0.4, -0.2) is 39.1 Å². The molecule has 1 aliphatic rings. The number of thioether (sulfide) groups is 1. The molecule has 0 atom stereocenters. The third-order valence-corrected chi connectivity index (χ3v) is 5.40. The summed E-state index contributed by atoms with van der Waals surface area (Å²) in [6.45, 7) is 2.97. The third-order valence-electron chi connectivity index (χ3n) is 4.45. The minimum Gasteiger partial charge on any atom is -0.497 e.